The predicted octanol–water partition coefficient (Wildman–Crippen LogP) is 2.09. The molecule has 0 unspecified atom stereocenters. The van der Waals surface area contributed by atoms with Crippen molar-refractivity contribution in [3.63, 3.8) is 0 Å². The molecule has 1 aliphatic carbocycles. The monoisotopic (exact) mass is 343 g/mol. The number of carbonyl (C=O) groups is 1. The molecule has 7 nitrogen and oxygen atoms in total. The van der Waals surface area contributed by atoms with Gasteiger partial charge in [0.05, 0.1) is 20.3 Å². The highest BCUT2D eigenvalue weighted by Gasteiger charge is 2.48. The van der Waals surface area contributed by atoms with Crippen LogP contribution in [0.3, 0.4) is 0 Å². The van der Waals surface area contributed by atoms with E-state index in [2.05, 4.69) is 16.3 Å². The van der Waals surface area contributed by atoms with Crippen molar-refractivity contribution in [3.8, 4) is 5.75 Å². The standard InChI is InChI=1S/C18H21N3O4/c1-11-19-20-17(25-11)16-10-24-7-6-21(16)18(22)15-9-14(15)12-4-3-5-13(8-12)23-2/h3-5,8,14-16H,6-7,9-10H2,1-2H3/t14-,15-,16-/m0/s1. The molecule has 2 aliphatic rings. The lowest BCUT2D eigenvalue weighted by atomic mass is 10.1. The van der Waals surface area contributed by atoms with E-state index in [4.69, 9.17) is 13.9 Å². The lowest BCUT2D eigenvalue weighted by Gasteiger charge is -2.33. The van der Waals surface area contributed by atoms with E-state index in [1.54, 1.807) is 14.0 Å². The van der Waals surface area contributed by atoms with Crippen molar-refractivity contribution in [2.45, 2.75) is 25.3 Å². The third kappa shape index (κ3) is 3.11. The Morgan fingerprint density at radius 3 is 3.00 bits per heavy atom. The highest BCUT2D eigenvalue weighted by atomic mass is 16.5. The molecule has 1 amide bonds. The van der Waals surface area contributed by atoms with E-state index in [1.165, 1.54) is 0 Å². The van der Waals surface area contributed by atoms with Gasteiger partial charge in [-0.2, -0.15) is 0 Å². The van der Waals surface area contributed by atoms with Gasteiger partial charge < -0.3 is 18.8 Å². The zero-order valence-corrected chi connectivity index (χ0v) is 14.3. The van der Waals surface area contributed by atoms with Crippen LogP contribution in [-0.2, 0) is 9.53 Å². The Kier molecular flexibility index (Phi) is 4.17. The minimum Gasteiger partial charge on any atom is -0.497 e. The second-order valence-corrected chi connectivity index (χ2v) is 6.51. The fourth-order valence-corrected chi connectivity index (χ4v) is 3.44. The molecule has 1 saturated heterocycles. The van der Waals surface area contributed by atoms with E-state index in [1.807, 2.05) is 23.1 Å². The molecular formula is C18H21N3O4. The number of rotatable bonds is 4. The maximum atomic E-state index is 13.0. The number of morpholine rings is 1. The highest BCUT2D eigenvalue weighted by molar-refractivity contribution is 5.83. The maximum Gasteiger partial charge on any atom is 0.241 e. The van der Waals surface area contributed by atoms with Crippen LogP contribution in [0.25, 0.3) is 0 Å². The molecule has 3 atom stereocenters. The van der Waals surface area contributed by atoms with Crippen molar-refractivity contribution >= 4 is 5.91 Å². The van der Waals surface area contributed by atoms with Crippen LogP contribution in [0.1, 0.15) is 35.7 Å². The minimum absolute atomic E-state index is 0.00303. The number of amides is 1. The van der Waals surface area contributed by atoms with Gasteiger partial charge >= 0.3 is 0 Å². The molecule has 1 aliphatic heterocycles. The molecule has 0 spiro atoms. The Bertz CT molecular complexity index is 775. The van der Waals surface area contributed by atoms with Gasteiger partial charge in [-0.15, -0.1) is 10.2 Å². The Hall–Kier alpha value is -2.41. The summed E-state index contributed by atoms with van der Waals surface area (Å²) in [6.45, 7) is 3.22. The van der Waals surface area contributed by atoms with Crippen LogP contribution in [0.15, 0.2) is 28.7 Å². The van der Waals surface area contributed by atoms with E-state index < -0.39 is 0 Å². The van der Waals surface area contributed by atoms with Crippen LogP contribution >= 0.6 is 0 Å². The van der Waals surface area contributed by atoms with Crippen LogP contribution in [0.4, 0.5) is 0 Å². The van der Waals surface area contributed by atoms with Gasteiger partial charge in [0.25, 0.3) is 0 Å². The summed E-state index contributed by atoms with van der Waals surface area (Å²) in [7, 11) is 1.65. The van der Waals surface area contributed by atoms with E-state index in [0.717, 1.165) is 17.7 Å². The first-order valence-electron chi connectivity index (χ1n) is 8.49. The molecular weight excluding hydrogens is 322 g/mol. The largest absolute Gasteiger partial charge is 0.497 e. The number of carbonyl (C=O) groups excluding carboxylic acids is 1. The average Bonchev–Trinajstić information content (AvgIpc) is 3.35. The maximum absolute atomic E-state index is 13.0. The van der Waals surface area contributed by atoms with E-state index in [0.29, 0.717) is 31.5 Å². The molecule has 1 saturated carbocycles. The first-order chi connectivity index (χ1) is 12.2. The van der Waals surface area contributed by atoms with Crippen LogP contribution in [0.5, 0.6) is 5.75 Å². The molecule has 132 valence electrons. The lowest BCUT2D eigenvalue weighted by molar-refractivity contribution is -0.142. The first kappa shape index (κ1) is 16.1. The third-order valence-electron chi connectivity index (χ3n) is 4.87. The summed E-state index contributed by atoms with van der Waals surface area (Å²) in [5, 5.41) is 7.95. The van der Waals surface area contributed by atoms with Gasteiger partial charge in [0.2, 0.25) is 17.7 Å². The lowest BCUT2D eigenvalue weighted by Crippen LogP contribution is -2.44. The number of aromatic nitrogens is 2. The Balaban J connectivity index is 1.50. The second-order valence-electron chi connectivity index (χ2n) is 6.51. The summed E-state index contributed by atoms with van der Waals surface area (Å²) in [5.41, 5.74) is 1.15. The van der Waals surface area contributed by atoms with Gasteiger partial charge in [0, 0.05) is 19.4 Å². The van der Waals surface area contributed by atoms with Crippen molar-refractivity contribution < 1.29 is 18.7 Å². The zero-order chi connectivity index (χ0) is 17.4. The summed E-state index contributed by atoms with van der Waals surface area (Å²) < 4.78 is 16.3. The molecule has 25 heavy (non-hydrogen) atoms. The van der Waals surface area contributed by atoms with Crippen LogP contribution in [0, 0.1) is 12.8 Å². The van der Waals surface area contributed by atoms with Gasteiger partial charge in [-0.25, -0.2) is 0 Å². The van der Waals surface area contributed by atoms with Crippen molar-refractivity contribution in [2.75, 3.05) is 26.9 Å². The SMILES string of the molecule is COc1cccc([C@@H]2C[C@@H]2C(=O)N2CCOC[C@H]2c2nnc(C)o2)c1. The Morgan fingerprint density at radius 2 is 2.24 bits per heavy atom. The first-order valence-corrected chi connectivity index (χ1v) is 8.49. The van der Waals surface area contributed by atoms with Gasteiger partial charge in [-0.1, -0.05) is 12.1 Å². The van der Waals surface area contributed by atoms with Crippen LogP contribution < -0.4 is 4.74 Å². The molecule has 2 fully saturated rings. The molecule has 7 heteroatoms. The Labute approximate surface area is 145 Å². The fraction of sp³-hybridized carbons (Fsp3) is 0.500. The number of hydrogen-bond acceptors (Lipinski definition) is 6. The van der Waals surface area contributed by atoms with Gasteiger partial charge in [-0.05, 0) is 30.0 Å². The van der Waals surface area contributed by atoms with Gasteiger partial charge in [-0.3, -0.25) is 4.79 Å². The van der Waals surface area contributed by atoms with Crippen molar-refractivity contribution in [3.05, 3.63) is 41.6 Å². The molecule has 0 radical (unpaired) electrons. The normalized spacial score (nSPS) is 25.7. The molecule has 0 bridgehead atoms. The number of benzene rings is 1. The van der Waals surface area contributed by atoms with Gasteiger partial charge in [0.15, 0.2) is 0 Å². The third-order valence-corrected chi connectivity index (χ3v) is 4.87. The molecule has 2 aromatic rings. The number of ether oxygens (including phenoxy) is 2. The summed E-state index contributed by atoms with van der Waals surface area (Å²) in [6.07, 6.45) is 0.860. The summed E-state index contributed by atoms with van der Waals surface area (Å²) in [4.78, 5) is 14.9. The molecule has 0 N–H and O–H groups in total. The van der Waals surface area contributed by atoms with Crippen molar-refractivity contribution in [2.24, 2.45) is 5.92 Å². The molecule has 2 heterocycles. The van der Waals surface area contributed by atoms with E-state index in [9.17, 15) is 4.79 Å². The molecule has 1 aromatic carbocycles. The Morgan fingerprint density at radius 1 is 1.36 bits per heavy atom. The molecule has 4 rings (SSSR count). The second kappa shape index (κ2) is 6.48. The van der Waals surface area contributed by atoms with Gasteiger partial charge in [0.1, 0.15) is 11.8 Å². The topological polar surface area (TPSA) is 77.7 Å². The number of aryl methyl sites for hydroxylation is 1. The van der Waals surface area contributed by atoms with E-state index in [-0.39, 0.29) is 23.8 Å². The predicted molar refractivity (Wildman–Crippen MR) is 88.2 cm³/mol. The summed E-state index contributed by atoms with van der Waals surface area (Å²) >= 11 is 0. The van der Waals surface area contributed by atoms with Crippen LogP contribution in [0.2, 0.25) is 0 Å². The zero-order valence-electron chi connectivity index (χ0n) is 14.3. The minimum atomic E-state index is -0.297. The van der Waals surface area contributed by atoms with Crippen molar-refractivity contribution in [1.29, 1.82) is 0 Å². The smallest absolute Gasteiger partial charge is 0.241 e. The number of methoxy groups -OCH3 is 1. The highest BCUT2D eigenvalue weighted by Crippen LogP contribution is 2.49. The summed E-state index contributed by atoms with van der Waals surface area (Å²) in [5.74, 6) is 2.14. The van der Waals surface area contributed by atoms with Crippen molar-refractivity contribution in [1.82, 2.24) is 15.1 Å². The molecule has 1 aromatic heterocycles. The number of hydrogen-bond donors (Lipinski definition) is 0. The quantitative estimate of drug-likeness (QED) is 0.846. The average molecular weight is 343 g/mol. The fourth-order valence-electron chi connectivity index (χ4n) is 3.44. The summed E-state index contributed by atoms with van der Waals surface area (Å²) in [6, 6.07) is 7.65. The van der Waals surface area contributed by atoms with Crippen LogP contribution in [-0.4, -0.2) is 47.9 Å². The van der Waals surface area contributed by atoms with E-state index >= 15 is 0 Å². The number of nitrogens with zero attached hydrogens (tertiary/aromatic N) is 3.